The normalized spacial score (nSPS) is 26.6. The number of methoxy groups -OCH3 is 1. The number of pyridine rings is 2. The molecule has 1 saturated carbocycles. The molecule has 0 radical (unpaired) electrons. The van der Waals surface area contributed by atoms with Gasteiger partial charge in [0.15, 0.2) is 0 Å². The summed E-state index contributed by atoms with van der Waals surface area (Å²) >= 11 is 6.15. The van der Waals surface area contributed by atoms with E-state index >= 15 is 0 Å². The maximum absolute atomic E-state index is 14.8. The van der Waals surface area contributed by atoms with Crippen molar-refractivity contribution in [1.29, 1.82) is 0 Å². The van der Waals surface area contributed by atoms with Crippen LogP contribution in [0.25, 0.3) is 11.0 Å². The summed E-state index contributed by atoms with van der Waals surface area (Å²) in [6, 6.07) is 9.31. The lowest BCUT2D eigenvalue weighted by Crippen LogP contribution is -2.63. The summed E-state index contributed by atoms with van der Waals surface area (Å²) in [5, 5.41) is 4.37. The van der Waals surface area contributed by atoms with E-state index in [4.69, 9.17) is 21.1 Å². The van der Waals surface area contributed by atoms with Gasteiger partial charge in [-0.3, -0.25) is 9.78 Å². The van der Waals surface area contributed by atoms with Crippen LogP contribution in [0.15, 0.2) is 36.5 Å². The van der Waals surface area contributed by atoms with Gasteiger partial charge in [0.25, 0.3) is 0 Å². The molecule has 4 aliphatic rings. The fraction of sp³-hybridized carbons (Fsp3) is 0.483. The summed E-state index contributed by atoms with van der Waals surface area (Å²) in [5.74, 6) is 0.0939. The van der Waals surface area contributed by atoms with Gasteiger partial charge in [-0.15, -0.1) is 0 Å². The Morgan fingerprint density at radius 3 is 2.79 bits per heavy atom. The van der Waals surface area contributed by atoms with Gasteiger partial charge in [0.2, 0.25) is 11.8 Å². The Morgan fingerprint density at radius 1 is 1.24 bits per heavy atom. The second-order valence-corrected chi connectivity index (χ2v) is 11.4. The molecule has 7 rings (SSSR count). The van der Waals surface area contributed by atoms with E-state index in [9.17, 15) is 9.18 Å². The number of fused-ring (bicyclic) bond motifs is 5. The quantitative estimate of drug-likeness (QED) is 0.462. The van der Waals surface area contributed by atoms with Gasteiger partial charge in [0.1, 0.15) is 5.82 Å². The number of benzene rings is 1. The lowest BCUT2D eigenvalue weighted by atomic mass is 9.69. The molecule has 2 saturated heterocycles. The highest BCUT2D eigenvalue weighted by Gasteiger charge is 2.49. The lowest BCUT2D eigenvalue weighted by Gasteiger charge is -2.54. The standard InChI is InChI=1S/C29H32ClFN4O3/c1-35-24-14-20(30)4-3-18(24)13-19(27(35)36)15-33-28-9-11-29(12-10-28,38-17-28)8-7-21-22(31)16-32-23-5-6-25(37-2)34-26(21)23/h3-6,14,16,19,33H,7-13,15,17H2,1-2H3. The third kappa shape index (κ3) is 4.52. The van der Waals surface area contributed by atoms with E-state index in [-0.39, 0.29) is 28.8 Å². The first-order chi connectivity index (χ1) is 18.3. The van der Waals surface area contributed by atoms with Crippen LogP contribution >= 0.6 is 11.6 Å². The molecule has 3 fully saturated rings. The molecule has 1 N–H and O–H groups in total. The number of aromatic nitrogens is 2. The van der Waals surface area contributed by atoms with E-state index in [1.807, 2.05) is 31.3 Å². The van der Waals surface area contributed by atoms with Crippen molar-refractivity contribution in [3.8, 4) is 5.88 Å². The zero-order valence-electron chi connectivity index (χ0n) is 21.7. The topological polar surface area (TPSA) is 76.6 Å². The van der Waals surface area contributed by atoms with E-state index in [0.717, 1.165) is 43.4 Å². The Labute approximate surface area is 226 Å². The van der Waals surface area contributed by atoms with Crippen molar-refractivity contribution in [3.63, 3.8) is 0 Å². The van der Waals surface area contributed by atoms with Crippen LogP contribution in [0.1, 0.15) is 43.2 Å². The summed E-state index contributed by atoms with van der Waals surface area (Å²) in [4.78, 5) is 23.5. The van der Waals surface area contributed by atoms with Crippen molar-refractivity contribution < 1.29 is 18.7 Å². The van der Waals surface area contributed by atoms with Crippen molar-refractivity contribution in [2.45, 2.75) is 56.1 Å². The van der Waals surface area contributed by atoms with Crippen LogP contribution in [0.5, 0.6) is 5.88 Å². The van der Waals surface area contributed by atoms with E-state index in [1.165, 1.54) is 6.20 Å². The number of hydrogen-bond acceptors (Lipinski definition) is 6. The SMILES string of the molecule is COc1ccc2ncc(F)c(CCC34CCC(NCC5Cc6ccc(Cl)cc6N(C)C5=O)(CC3)CO4)c2n1. The largest absolute Gasteiger partial charge is 0.481 e. The lowest BCUT2D eigenvalue weighted by molar-refractivity contribution is -0.165. The predicted molar refractivity (Wildman–Crippen MR) is 144 cm³/mol. The van der Waals surface area contributed by atoms with Gasteiger partial charge in [0, 0.05) is 41.5 Å². The third-order valence-corrected chi connectivity index (χ3v) is 9.07. The van der Waals surface area contributed by atoms with E-state index in [1.54, 1.807) is 18.1 Å². The van der Waals surface area contributed by atoms with Crippen LogP contribution in [-0.2, 0) is 22.4 Å². The molecule has 0 spiro atoms. The average molecular weight is 539 g/mol. The molecule has 3 aliphatic heterocycles. The molecule has 1 aliphatic carbocycles. The van der Waals surface area contributed by atoms with Gasteiger partial charge in [-0.25, -0.2) is 9.37 Å². The maximum atomic E-state index is 14.8. The average Bonchev–Trinajstić information content (AvgIpc) is 2.95. The number of hydrogen-bond donors (Lipinski definition) is 1. The van der Waals surface area contributed by atoms with Crippen LogP contribution in [0.2, 0.25) is 5.02 Å². The summed E-state index contributed by atoms with van der Waals surface area (Å²) in [7, 11) is 3.37. The number of carbonyl (C=O) groups excluding carboxylic acids is 1. The Balaban J connectivity index is 1.09. The molecular formula is C29H32ClFN4O3. The van der Waals surface area contributed by atoms with Gasteiger partial charge >= 0.3 is 0 Å². The molecule has 2 bridgehead atoms. The van der Waals surface area contributed by atoms with Crippen LogP contribution in [0, 0.1) is 11.7 Å². The van der Waals surface area contributed by atoms with Crippen molar-refractivity contribution in [1.82, 2.24) is 15.3 Å². The smallest absolute Gasteiger partial charge is 0.231 e. The van der Waals surface area contributed by atoms with E-state index in [0.29, 0.717) is 53.5 Å². The molecule has 38 heavy (non-hydrogen) atoms. The minimum atomic E-state index is -0.344. The fourth-order valence-electron chi connectivity index (χ4n) is 6.36. The molecule has 2 aromatic heterocycles. The zero-order chi connectivity index (χ0) is 26.5. The fourth-order valence-corrected chi connectivity index (χ4v) is 6.53. The van der Waals surface area contributed by atoms with Crippen molar-refractivity contribution in [3.05, 3.63) is 58.5 Å². The molecule has 3 aromatic rings. The van der Waals surface area contributed by atoms with Gasteiger partial charge < -0.3 is 19.7 Å². The Bertz CT molecular complexity index is 1380. The minimum Gasteiger partial charge on any atom is -0.481 e. The third-order valence-electron chi connectivity index (χ3n) is 8.83. The van der Waals surface area contributed by atoms with Crippen LogP contribution < -0.4 is 15.0 Å². The number of amides is 1. The minimum absolute atomic E-state index is 0.113. The Hall–Kier alpha value is -2.81. The monoisotopic (exact) mass is 538 g/mol. The Kier molecular flexibility index (Phi) is 6.53. The first-order valence-corrected chi connectivity index (χ1v) is 13.6. The number of aryl methyl sites for hydroxylation is 1. The summed E-state index contributed by atoms with van der Waals surface area (Å²) in [6.45, 7) is 1.21. The van der Waals surface area contributed by atoms with Gasteiger partial charge in [0.05, 0.1) is 42.5 Å². The van der Waals surface area contributed by atoms with Gasteiger partial charge in [-0.05, 0) is 68.7 Å². The second-order valence-electron chi connectivity index (χ2n) is 11.0. The molecule has 7 nitrogen and oxygen atoms in total. The van der Waals surface area contributed by atoms with Crippen molar-refractivity contribution in [2.24, 2.45) is 5.92 Å². The zero-order valence-corrected chi connectivity index (χ0v) is 22.5. The maximum Gasteiger partial charge on any atom is 0.231 e. The molecule has 9 heteroatoms. The highest BCUT2D eigenvalue weighted by molar-refractivity contribution is 6.31. The summed E-state index contributed by atoms with van der Waals surface area (Å²) in [5.41, 5.74) is 3.43. The summed E-state index contributed by atoms with van der Waals surface area (Å²) in [6.07, 6.45) is 6.98. The first kappa shape index (κ1) is 25.5. The van der Waals surface area contributed by atoms with E-state index in [2.05, 4.69) is 15.3 Å². The van der Waals surface area contributed by atoms with Crippen LogP contribution in [-0.4, -0.2) is 54.3 Å². The van der Waals surface area contributed by atoms with E-state index < -0.39 is 0 Å². The highest BCUT2D eigenvalue weighted by atomic mass is 35.5. The molecule has 5 heterocycles. The number of nitrogens with zero attached hydrogens (tertiary/aromatic N) is 3. The Morgan fingerprint density at radius 2 is 2.05 bits per heavy atom. The van der Waals surface area contributed by atoms with Crippen molar-refractivity contribution >= 4 is 34.2 Å². The number of halogens is 2. The molecule has 1 amide bonds. The number of anilines is 1. The summed E-state index contributed by atoms with van der Waals surface area (Å²) < 4.78 is 26.6. The van der Waals surface area contributed by atoms with Crippen LogP contribution in [0.3, 0.4) is 0 Å². The number of carbonyl (C=O) groups is 1. The highest BCUT2D eigenvalue weighted by Crippen LogP contribution is 2.46. The molecule has 1 aromatic carbocycles. The number of ether oxygens (including phenoxy) is 2. The number of nitrogens with one attached hydrogen (secondary N) is 1. The van der Waals surface area contributed by atoms with Gasteiger partial charge in [-0.1, -0.05) is 17.7 Å². The van der Waals surface area contributed by atoms with Crippen LogP contribution in [0.4, 0.5) is 10.1 Å². The first-order valence-electron chi connectivity index (χ1n) is 13.2. The molecule has 1 atom stereocenters. The predicted octanol–water partition coefficient (Wildman–Crippen LogP) is 4.87. The van der Waals surface area contributed by atoms with Crippen molar-refractivity contribution in [2.75, 3.05) is 32.2 Å². The second kappa shape index (κ2) is 9.74. The molecular weight excluding hydrogens is 507 g/mol. The van der Waals surface area contributed by atoms with Gasteiger partial charge in [-0.2, -0.15) is 0 Å². The number of rotatable bonds is 7. The molecule has 200 valence electrons. The molecule has 1 unspecified atom stereocenters.